The first-order valence-electron chi connectivity index (χ1n) is 15.1. The van der Waals surface area contributed by atoms with E-state index in [-0.39, 0.29) is 33.7 Å². The van der Waals surface area contributed by atoms with Gasteiger partial charge in [-0.05, 0) is 48.7 Å². The van der Waals surface area contributed by atoms with Crippen molar-refractivity contribution in [2.24, 2.45) is 0 Å². The predicted molar refractivity (Wildman–Crippen MR) is 181 cm³/mol. The Balaban J connectivity index is 1.27. The topological polar surface area (TPSA) is 130 Å². The third-order valence-electron chi connectivity index (χ3n) is 7.47. The van der Waals surface area contributed by atoms with E-state index in [9.17, 15) is 14.4 Å². The molecule has 0 saturated carbocycles. The van der Waals surface area contributed by atoms with Crippen LogP contribution < -0.4 is 21.5 Å². The highest BCUT2D eigenvalue weighted by atomic mass is 35.5. The van der Waals surface area contributed by atoms with E-state index in [0.29, 0.717) is 18.8 Å². The lowest BCUT2D eigenvalue weighted by atomic mass is 9.99. The molecule has 11 nitrogen and oxygen atoms in total. The lowest BCUT2D eigenvalue weighted by Crippen LogP contribution is -2.38. The number of nitrogens with one attached hydrogen (secondary N) is 3. The second-order valence-corrected chi connectivity index (χ2v) is 11.6. The summed E-state index contributed by atoms with van der Waals surface area (Å²) in [6, 6.07) is 16.4. The molecule has 0 unspecified atom stereocenters. The van der Waals surface area contributed by atoms with Gasteiger partial charge >= 0.3 is 6.03 Å². The highest BCUT2D eigenvalue weighted by Gasteiger charge is 2.16. The van der Waals surface area contributed by atoms with Crippen LogP contribution in [0.25, 0.3) is 22.4 Å². The second-order valence-electron chi connectivity index (χ2n) is 10.7. The number of hydrogen-bond acceptors (Lipinski definition) is 7. The molecule has 240 valence electrons. The number of anilines is 2. The molecule has 4 aromatic rings. The van der Waals surface area contributed by atoms with Crippen LogP contribution in [0.4, 0.5) is 16.2 Å². The number of nitrogens with zero attached hydrogens (tertiary/aromatic N) is 4. The Morgan fingerprint density at radius 3 is 2.37 bits per heavy atom. The van der Waals surface area contributed by atoms with E-state index in [4.69, 9.17) is 27.9 Å². The zero-order valence-corrected chi connectivity index (χ0v) is 26.9. The molecule has 1 aliphatic rings. The Morgan fingerprint density at radius 2 is 1.63 bits per heavy atom. The van der Waals surface area contributed by atoms with Gasteiger partial charge in [-0.2, -0.15) is 5.10 Å². The summed E-state index contributed by atoms with van der Waals surface area (Å²) in [6.07, 6.45) is 3.88. The van der Waals surface area contributed by atoms with Crippen molar-refractivity contribution >= 4 is 46.5 Å². The van der Waals surface area contributed by atoms with Gasteiger partial charge in [0.15, 0.2) is 0 Å². The fourth-order valence-corrected chi connectivity index (χ4v) is 5.57. The number of morpholine rings is 1. The molecule has 2 aromatic carbocycles. The van der Waals surface area contributed by atoms with Crippen molar-refractivity contribution in [3.63, 3.8) is 0 Å². The minimum Gasteiger partial charge on any atom is -0.379 e. The van der Waals surface area contributed by atoms with Crippen molar-refractivity contribution < 1.29 is 14.3 Å². The SMILES string of the molecule is CCn1nc(-c2cccc(-c3cccc(CC(=O)NCCCN4CCOCC4)c3)c2)cc(NC(=O)Nc2c(Cl)cncc2Cl)c1=O. The number of rotatable bonds is 11. The first kappa shape index (κ1) is 33.1. The monoisotopic (exact) mass is 663 g/mol. The maximum atomic E-state index is 13.0. The molecule has 2 aromatic heterocycles. The van der Waals surface area contributed by atoms with Gasteiger partial charge in [0.2, 0.25) is 5.91 Å². The van der Waals surface area contributed by atoms with Crippen molar-refractivity contribution in [1.29, 1.82) is 0 Å². The average molecular weight is 665 g/mol. The number of ether oxygens (including phenoxy) is 1. The highest BCUT2D eigenvalue weighted by Crippen LogP contribution is 2.29. The van der Waals surface area contributed by atoms with Crippen LogP contribution >= 0.6 is 23.2 Å². The standard InChI is InChI=1S/C33H35Cl2N7O4/c1-2-42-32(44)29(38-33(45)39-31-26(34)20-36-21-27(31)35)19-28(40-42)25-9-4-8-24(18-25)23-7-3-6-22(16-23)17-30(43)37-10-5-11-41-12-14-46-15-13-41/h3-4,6-9,16,18-21H,2,5,10-15,17H2,1H3,(H,37,43)(H2,36,38,39,45). The fourth-order valence-electron chi connectivity index (χ4n) is 5.11. The van der Waals surface area contributed by atoms with Gasteiger partial charge in [0.05, 0.1) is 41.1 Å². The number of halogens is 2. The molecule has 3 N–H and O–H groups in total. The number of carbonyl (C=O) groups is 2. The van der Waals surface area contributed by atoms with Gasteiger partial charge in [-0.15, -0.1) is 0 Å². The van der Waals surface area contributed by atoms with Crippen LogP contribution in [-0.4, -0.2) is 71.0 Å². The summed E-state index contributed by atoms with van der Waals surface area (Å²) >= 11 is 12.2. The Bertz CT molecular complexity index is 1740. The lowest BCUT2D eigenvalue weighted by Gasteiger charge is -2.26. The van der Waals surface area contributed by atoms with E-state index < -0.39 is 11.6 Å². The first-order valence-corrected chi connectivity index (χ1v) is 15.8. The molecule has 0 bridgehead atoms. The van der Waals surface area contributed by atoms with Gasteiger partial charge in [-0.25, -0.2) is 9.48 Å². The Morgan fingerprint density at radius 1 is 0.935 bits per heavy atom. The van der Waals surface area contributed by atoms with E-state index in [1.807, 2.05) is 48.5 Å². The molecule has 3 amide bonds. The minimum absolute atomic E-state index is 0.0172. The number of aryl methyl sites for hydroxylation is 1. The average Bonchev–Trinajstić information content (AvgIpc) is 3.06. The van der Waals surface area contributed by atoms with Gasteiger partial charge in [0.1, 0.15) is 5.69 Å². The first-order chi connectivity index (χ1) is 22.3. The second kappa shape index (κ2) is 15.8. The molecule has 3 heterocycles. The molecule has 0 aliphatic carbocycles. The maximum absolute atomic E-state index is 13.0. The van der Waals surface area contributed by atoms with Crippen LogP contribution in [-0.2, 0) is 22.5 Å². The summed E-state index contributed by atoms with van der Waals surface area (Å²) in [5.41, 5.74) is 3.74. The summed E-state index contributed by atoms with van der Waals surface area (Å²) in [7, 11) is 0. The zero-order valence-electron chi connectivity index (χ0n) is 25.4. The predicted octanol–water partition coefficient (Wildman–Crippen LogP) is 5.32. The molecule has 0 atom stereocenters. The number of amides is 3. The Labute approximate surface area is 276 Å². The Kier molecular flexibility index (Phi) is 11.4. The normalized spacial score (nSPS) is 13.3. The van der Waals surface area contributed by atoms with E-state index in [2.05, 4.69) is 30.9 Å². The van der Waals surface area contributed by atoms with E-state index >= 15 is 0 Å². The number of hydrogen-bond donors (Lipinski definition) is 3. The zero-order chi connectivity index (χ0) is 32.5. The van der Waals surface area contributed by atoms with Crippen molar-refractivity contribution in [3.05, 3.63) is 93.0 Å². The molecule has 5 rings (SSSR count). The summed E-state index contributed by atoms with van der Waals surface area (Å²) in [4.78, 5) is 44.7. The van der Waals surface area contributed by atoms with Crippen molar-refractivity contribution in [2.45, 2.75) is 26.3 Å². The molecular weight excluding hydrogens is 629 g/mol. The lowest BCUT2D eigenvalue weighted by molar-refractivity contribution is -0.120. The van der Waals surface area contributed by atoms with Crippen LogP contribution in [0.1, 0.15) is 18.9 Å². The van der Waals surface area contributed by atoms with Crippen molar-refractivity contribution in [3.8, 4) is 22.4 Å². The third kappa shape index (κ3) is 8.70. The maximum Gasteiger partial charge on any atom is 0.323 e. The summed E-state index contributed by atoms with van der Waals surface area (Å²) in [5.74, 6) is -0.0172. The molecule has 46 heavy (non-hydrogen) atoms. The number of pyridine rings is 1. The molecule has 1 fully saturated rings. The summed E-state index contributed by atoms with van der Waals surface area (Å²) < 4.78 is 6.67. The van der Waals surface area contributed by atoms with Crippen LogP contribution in [0.5, 0.6) is 0 Å². The van der Waals surface area contributed by atoms with Gasteiger partial charge < -0.3 is 20.7 Å². The van der Waals surface area contributed by atoms with Crippen LogP contribution in [0, 0.1) is 0 Å². The van der Waals surface area contributed by atoms with Gasteiger partial charge in [0.25, 0.3) is 5.56 Å². The fraction of sp³-hybridized carbons (Fsp3) is 0.303. The molecule has 13 heteroatoms. The largest absolute Gasteiger partial charge is 0.379 e. The quantitative estimate of drug-likeness (QED) is 0.185. The third-order valence-corrected chi connectivity index (χ3v) is 8.05. The van der Waals surface area contributed by atoms with E-state index in [1.165, 1.54) is 23.1 Å². The van der Waals surface area contributed by atoms with Crippen LogP contribution in [0.15, 0.2) is 71.8 Å². The van der Waals surface area contributed by atoms with Crippen LogP contribution in [0.2, 0.25) is 10.0 Å². The van der Waals surface area contributed by atoms with Gasteiger partial charge in [-0.3, -0.25) is 19.5 Å². The summed E-state index contributed by atoms with van der Waals surface area (Å²) in [6.45, 7) is 7.08. The number of carbonyl (C=O) groups excluding carboxylic acids is 2. The molecule has 0 radical (unpaired) electrons. The smallest absolute Gasteiger partial charge is 0.323 e. The minimum atomic E-state index is -0.696. The summed E-state index contributed by atoms with van der Waals surface area (Å²) in [5, 5.41) is 13.0. The Hall–Kier alpha value is -4.29. The van der Waals surface area contributed by atoms with Crippen molar-refractivity contribution in [2.75, 3.05) is 50.0 Å². The number of aromatic nitrogens is 3. The number of urea groups is 1. The van der Waals surface area contributed by atoms with Crippen molar-refractivity contribution in [1.82, 2.24) is 25.0 Å². The van der Waals surface area contributed by atoms with E-state index in [1.54, 1.807) is 6.92 Å². The van der Waals surface area contributed by atoms with Gasteiger partial charge in [-0.1, -0.05) is 65.7 Å². The van der Waals surface area contributed by atoms with E-state index in [0.717, 1.165) is 61.5 Å². The highest BCUT2D eigenvalue weighted by molar-refractivity contribution is 6.39. The molecule has 0 spiro atoms. The van der Waals surface area contributed by atoms with Gasteiger partial charge in [0, 0.05) is 44.1 Å². The van der Waals surface area contributed by atoms with Crippen LogP contribution in [0.3, 0.4) is 0 Å². The molecule has 1 aliphatic heterocycles. The molecule has 1 saturated heterocycles. The number of benzene rings is 2. The molecular formula is C33H35Cl2N7O4.